The molecule has 360 valence electrons. The van der Waals surface area contributed by atoms with Gasteiger partial charge in [0.15, 0.2) is 12.6 Å². The summed E-state index contributed by atoms with van der Waals surface area (Å²) in [5, 5.41) is 86.4. The molecule has 12 atom stereocenters. The Hall–Kier alpha value is -2.05. The maximum atomic E-state index is 13.1. The Bertz CT molecular complexity index is 1230. The number of carbonyl (C=O) groups excluding carboxylic acids is 1. The van der Waals surface area contributed by atoms with Crippen LogP contribution in [-0.4, -0.2) is 140 Å². The average molecular weight is 884 g/mol. The van der Waals surface area contributed by atoms with Crippen LogP contribution in [0.25, 0.3) is 0 Å². The average Bonchev–Trinajstić information content (AvgIpc) is 3.27. The fourth-order valence-corrected chi connectivity index (χ4v) is 7.53. The highest BCUT2D eigenvalue weighted by molar-refractivity contribution is 5.76. The van der Waals surface area contributed by atoms with Gasteiger partial charge in [0, 0.05) is 6.42 Å². The van der Waals surface area contributed by atoms with E-state index >= 15 is 0 Å². The molecule has 0 aromatic heterocycles. The van der Waals surface area contributed by atoms with E-state index in [2.05, 4.69) is 55.6 Å². The van der Waals surface area contributed by atoms with Crippen LogP contribution >= 0.6 is 0 Å². The van der Waals surface area contributed by atoms with Crippen LogP contribution in [0.2, 0.25) is 0 Å². The molecule has 2 saturated heterocycles. The molecule has 0 saturated carbocycles. The number of nitrogens with one attached hydrogen (secondary N) is 1. The summed E-state index contributed by atoms with van der Waals surface area (Å²) in [4.78, 5) is 13.1. The molecule has 2 aliphatic rings. The van der Waals surface area contributed by atoms with Crippen molar-refractivity contribution in [3.05, 3.63) is 48.6 Å². The number of amides is 1. The molecule has 2 rings (SSSR count). The summed E-state index contributed by atoms with van der Waals surface area (Å²) in [7, 11) is 0. The number of carbonyl (C=O) groups is 1. The number of allylic oxidation sites excluding steroid dienone is 7. The second-order valence-electron chi connectivity index (χ2n) is 16.9. The van der Waals surface area contributed by atoms with Crippen LogP contribution in [0.5, 0.6) is 0 Å². The molecule has 0 radical (unpaired) electrons. The van der Waals surface area contributed by atoms with E-state index in [-0.39, 0.29) is 18.9 Å². The lowest BCUT2D eigenvalue weighted by atomic mass is 9.97. The molecule has 0 spiro atoms. The Kier molecular flexibility index (Phi) is 31.9. The fourth-order valence-electron chi connectivity index (χ4n) is 7.53. The second kappa shape index (κ2) is 35.2. The van der Waals surface area contributed by atoms with Crippen molar-refractivity contribution in [2.75, 3.05) is 19.8 Å². The molecular formula is C48H85NO13. The maximum Gasteiger partial charge on any atom is 0.220 e. The van der Waals surface area contributed by atoms with Crippen LogP contribution in [0, 0.1) is 0 Å². The van der Waals surface area contributed by atoms with Crippen LogP contribution in [0.1, 0.15) is 155 Å². The van der Waals surface area contributed by atoms with Crippen LogP contribution in [0.4, 0.5) is 0 Å². The molecular weight excluding hydrogens is 799 g/mol. The fraction of sp³-hybridized carbons (Fsp3) is 0.812. The third-order valence-corrected chi connectivity index (χ3v) is 11.5. The quantitative estimate of drug-likeness (QED) is 0.0291. The summed E-state index contributed by atoms with van der Waals surface area (Å²) in [6.45, 7) is 2.69. The number of rotatable bonds is 35. The molecule has 0 bridgehead atoms. The van der Waals surface area contributed by atoms with Gasteiger partial charge in [-0.3, -0.25) is 4.79 Å². The molecule has 62 heavy (non-hydrogen) atoms. The zero-order valence-corrected chi connectivity index (χ0v) is 37.8. The first-order valence-corrected chi connectivity index (χ1v) is 23.9. The molecule has 12 unspecified atom stereocenters. The van der Waals surface area contributed by atoms with Crippen LogP contribution < -0.4 is 5.32 Å². The van der Waals surface area contributed by atoms with E-state index in [1.54, 1.807) is 6.08 Å². The summed E-state index contributed by atoms with van der Waals surface area (Å²) < 4.78 is 22.6. The summed E-state index contributed by atoms with van der Waals surface area (Å²) in [5.74, 6) is -0.258. The Morgan fingerprint density at radius 3 is 1.66 bits per heavy atom. The van der Waals surface area contributed by atoms with Gasteiger partial charge in [0.25, 0.3) is 0 Å². The molecule has 14 nitrogen and oxygen atoms in total. The van der Waals surface area contributed by atoms with Gasteiger partial charge in [-0.15, -0.1) is 0 Å². The van der Waals surface area contributed by atoms with Crippen LogP contribution in [0.3, 0.4) is 0 Å². The minimum atomic E-state index is -1.79. The van der Waals surface area contributed by atoms with Crippen molar-refractivity contribution in [3.63, 3.8) is 0 Å². The number of aliphatic hydroxyl groups excluding tert-OH is 8. The van der Waals surface area contributed by atoms with Gasteiger partial charge in [0.1, 0.15) is 48.8 Å². The highest BCUT2D eigenvalue weighted by Crippen LogP contribution is 2.30. The second-order valence-corrected chi connectivity index (χ2v) is 16.9. The molecule has 2 heterocycles. The Morgan fingerprint density at radius 1 is 0.581 bits per heavy atom. The first kappa shape index (κ1) is 56.1. The first-order chi connectivity index (χ1) is 30.1. The molecule has 9 N–H and O–H groups in total. The Labute approximate surface area is 372 Å². The normalized spacial score (nSPS) is 28.2. The van der Waals surface area contributed by atoms with Crippen molar-refractivity contribution in [1.82, 2.24) is 5.32 Å². The van der Waals surface area contributed by atoms with E-state index in [0.717, 1.165) is 77.0 Å². The van der Waals surface area contributed by atoms with Crippen molar-refractivity contribution in [3.8, 4) is 0 Å². The standard InChI is InChI=1S/C48H85NO13/c1-3-5-7-9-11-13-14-15-16-17-18-19-20-21-22-24-26-28-30-32-40(53)49-36(37(52)31-29-27-25-23-12-10-8-6-4-2)35-59-47-45(58)43(56)46(39(34-51)61-47)62-48-44(57)42(55)41(54)38(33-50)60-48/h11,13,15-16,18-19,29,31,36-39,41-48,50-52,54-58H,3-10,12,14,17,20-28,30,32-35H2,1-2H3,(H,49,53)/b13-11-,16-15-,19-18-,31-29+. The molecule has 0 aromatic rings. The minimum Gasteiger partial charge on any atom is -0.394 e. The number of aliphatic hydroxyl groups is 8. The Balaban J connectivity index is 1.84. The highest BCUT2D eigenvalue weighted by Gasteiger charge is 2.51. The molecule has 0 aliphatic carbocycles. The van der Waals surface area contributed by atoms with E-state index < -0.39 is 86.8 Å². The number of hydrogen-bond acceptors (Lipinski definition) is 13. The molecule has 2 aliphatic heterocycles. The molecule has 2 fully saturated rings. The Morgan fingerprint density at radius 2 is 1.06 bits per heavy atom. The predicted molar refractivity (Wildman–Crippen MR) is 240 cm³/mol. The van der Waals surface area contributed by atoms with Gasteiger partial charge < -0.3 is 65.1 Å². The largest absolute Gasteiger partial charge is 0.394 e. The monoisotopic (exact) mass is 884 g/mol. The molecule has 14 heteroatoms. The number of hydrogen-bond donors (Lipinski definition) is 9. The molecule has 1 amide bonds. The van der Waals surface area contributed by atoms with E-state index in [1.165, 1.54) is 51.4 Å². The predicted octanol–water partition coefficient (Wildman–Crippen LogP) is 5.32. The van der Waals surface area contributed by atoms with Gasteiger partial charge in [0.2, 0.25) is 5.91 Å². The summed E-state index contributed by atoms with van der Waals surface area (Å²) in [6.07, 6.45) is 23.0. The van der Waals surface area contributed by atoms with Gasteiger partial charge >= 0.3 is 0 Å². The van der Waals surface area contributed by atoms with Gasteiger partial charge in [-0.1, -0.05) is 140 Å². The first-order valence-electron chi connectivity index (χ1n) is 23.9. The van der Waals surface area contributed by atoms with E-state index in [1.807, 2.05) is 6.08 Å². The van der Waals surface area contributed by atoms with Crippen LogP contribution in [0.15, 0.2) is 48.6 Å². The van der Waals surface area contributed by atoms with Crippen molar-refractivity contribution in [1.29, 1.82) is 0 Å². The third kappa shape index (κ3) is 22.7. The minimum absolute atomic E-state index is 0.258. The maximum absolute atomic E-state index is 13.1. The summed E-state index contributed by atoms with van der Waals surface area (Å²) in [5.41, 5.74) is 0. The highest BCUT2D eigenvalue weighted by atomic mass is 16.7. The zero-order valence-electron chi connectivity index (χ0n) is 37.8. The van der Waals surface area contributed by atoms with Crippen LogP contribution in [-0.2, 0) is 23.7 Å². The summed E-state index contributed by atoms with van der Waals surface area (Å²) in [6, 6.07) is -0.919. The number of ether oxygens (including phenoxy) is 4. The number of unbranched alkanes of at least 4 members (excludes halogenated alkanes) is 16. The lowest BCUT2D eigenvalue weighted by Gasteiger charge is -2.46. The summed E-state index contributed by atoms with van der Waals surface area (Å²) >= 11 is 0. The SMILES string of the molecule is CCCCC/C=C\C/C=C\C/C=C\CCCCCCCCC(=O)NC(COC1OC(CO)C(OC2OC(CO)C(O)C(O)C2O)C(O)C1O)C(O)/C=C/CCCCCCCCC. The van der Waals surface area contributed by atoms with Gasteiger partial charge in [-0.25, -0.2) is 0 Å². The van der Waals surface area contributed by atoms with E-state index in [0.29, 0.717) is 6.42 Å². The lowest BCUT2D eigenvalue weighted by molar-refractivity contribution is -0.359. The van der Waals surface area contributed by atoms with Gasteiger partial charge in [0.05, 0.1) is 32.0 Å². The third-order valence-electron chi connectivity index (χ3n) is 11.5. The van der Waals surface area contributed by atoms with Crippen molar-refractivity contribution >= 4 is 5.91 Å². The van der Waals surface area contributed by atoms with Crippen molar-refractivity contribution in [2.24, 2.45) is 0 Å². The zero-order chi connectivity index (χ0) is 45.4. The van der Waals surface area contributed by atoms with Crippen molar-refractivity contribution in [2.45, 2.75) is 229 Å². The van der Waals surface area contributed by atoms with Gasteiger partial charge in [-0.05, 0) is 57.8 Å². The van der Waals surface area contributed by atoms with E-state index in [4.69, 9.17) is 18.9 Å². The van der Waals surface area contributed by atoms with Crippen molar-refractivity contribution < 1.29 is 64.6 Å². The smallest absolute Gasteiger partial charge is 0.220 e. The lowest BCUT2D eigenvalue weighted by Crippen LogP contribution is -2.65. The van der Waals surface area contributed by atoms with Gasteiger partial charge in [-0.2, -0.15) is 0 Å². The topological polar surface area (TPSA) is 228 Å². The van der Waals surface area contributed by atoms with E-state index in [9.17, 15) is 45.6 Å². The molecule has 0 aromatic carbocycles.